The molecule has 1 N–H and O–H groups in total. The van der Waals surface area contributed by atoms with Crippen LogP contribution in [0, 0.1) is 12.3 Å². The third kappa shape index (κ3) is 5.67. The molecule has 0 aromatic heterocycles. The summed E-state index contributed by atoms with van der Waals surface area (Å²) in [6, 6.07) is 22.2. The number of para-hydroxylation sites is 2. The van der Waals surface area contributed by atoms with E-state index >= 15 is 0 Å². The minimum Gasteiger partial charge on any atom is -0.454 e. The van der Waals surface area contributed by atoms with Gasteiger partial charge in [-0.3, -0.25) is 4.79 Å². The summed E-state index contributed by atoms with van der Waals surface area (Å²) in [7, 11) is 4.07. The molecule has 5 rings (SSSR count). The highest BCUT2D eigenvalue weighted by molar-refractivity contribution is 5.97. The van der Waals surface area contributed by atoms with E-state index in [9.17, 15) is 4.79 Å². The van der Waals surface area contributed by atoms with Crippen LogP contribution in [0.2, 0.25) is 0 Å². The smallest absolute Gasteiger partial charge is 0.231 e. The molecule has 5 nitrogen and oxygen atoms in total. The zero-order valence-corrected chi connectivity index (χ0v) is 19.1. The molecule has 0 bridgehead atoms. The number of ether oxygens (including phenoxy) is 2. The average molecular weight is 447 g/mol. The van der Waals surface area contributed by atoms with E-state index in [1.165, 1.54) is 16.8 Å². The average Bonchev–Trinajstić information content (AvgIpc) is 3.37. The lowest BCUT2D eigenvalue weighted by atomic mass is 9.99. The molecule has 174 valence electrons. The summed E-state index contributed by atoms with van der Waals surface area (Å²) < 4.78 is 10.2. The minimum atomic E-state index is -0.154. The van der Waals surface area contributed by atoms with Crippen LogP contribution in [0.3, 0.4) is 0 Å². The third-order valence-corrected chi connectivity index (χ3v) is 6.02. The van der Waals surface area contributed by atoms with Crippen LogP contribution in [0.1, 0.15) is 32.8 Å². The van der Waals surface area contributed by atoms with Gasteiger partial charge in [0.1, 0.15) is 0 Å². The van der Waals surface area contributed by atoms with Gasteiger partial charge in [0.2, 0.25) is 12.7 Å². The van der Waals surface area contributed by atoms with Gasteiger partial charge in [-0.1, -0.05) is 44.7 Å². The number of rotatable bonds is 4. The zero-order chi connectivity index (χ0) is 22.7. The maximum Gasteiger partial charge on any atom is 0.231 e. The Morgan fingerprint density at radius 1 is 0.939 bits per heavy atom. The topological polar surface area (TPSA) is 50.8 Å². The van der Waals surface area contributed by atoms with Crippen LogP contribution in [0.25, 0.3) is 11.1 Å². The SMILES string of the molecule is C.Cc1ccc(NC(=O)C2(C)CC2)cc1-c1ccc(N(C)C)cc1.c1ccc2c(c1)OCO2. The van der Waals surface area contributed by atoms with Crippen molar-refractivity contribution in [2.75, 3.05) is 31.1 Å². The van der Waals surface area contributed by atoms with E-state index < -0.39 is 0 Å². The van der Waals surface area contributed by atoms with Gasteiger partial charge in [0.25, 0.3) is 0 Å². The van der Waals surface area contributed by atoms with E-state index in [-0.39, 0.29) is 18.7 Å². The van der Waals surface area contributed by atoms with Gasteiger partial charge in [0, 0.05) is 30.9 Å². The van der Waals surface area contributed by atoms with Gasteiger partial charge in [-0.05, 0) is 72.9 Å². The normalized spacial score (nSPS) is 14.3. The zero-order valence-electron chi connectivity index (χ0n) is 19.1. The maximum atomic E-state index is 12.2. The molecule has 3 aromatic carbocycles. The second-order valence-electron chi connectivity index (χ2n) is 8.84. The fourth-order valence-corrected chi connectivity index (χ4v) is 3.49. The number of nitrogens with zero attached hydrogens (tertiary/aromatic N) is 1. The summed E-state index contributed by atoms with van der Waals surface area (Å²) >= 11 is 0. The van der Waals surface area contributed by atoms with Gasteiger partial charge in [-0.15, -0.1) is 0 Å². The summed E-state index contributed by atoms with van der Waals surface area (Å²) in [6.45, 7) is 4.49. The van der Waals surface area contributed by atoms with Crippen LogP contribution in [-0.4, -0.2) is 26.8 Å². The molecule has 0 saturated heterocycles. The molecule has 1 heterocycles. The molecule has 1 aliphatic heterocycles. The lowest BCUT2D eigenvalue weighted by Crippen LogP contribution is -2.21. The van der Waals surface area contributed by atoms with Gasteiger partial charge in [0.15, 0.2) is 11.5 Å². The van der Waals surface area contributed by atoms with Crippen molar-refractivity contribution in [3.8, 4) is 22.6 Å². The molecule has 3 aromatic rings. The van der Waals surface area contributed by atoms with Gasteiger partial charge in [-0.25, -0.2) is 0 Å². The first-order valence-corrected chi connectivity index (χ1v) is 10.9. The molecule has 0 atom stereocenters. The number of carbonyl (C=O) groups excluding carboxylic acids is 1. The van der Waals surface area contributed by atoms with Crippen LogP contribution in [0.5, 0.6) is 11.5 Å². The van der Waals surface area contributed by atoms with Crippen molar-refractivity contribution >= 4 is 17.3 Å². The summed E-state index contributed by atoms with van der Waals surface area (Å²) in [5, 5.41) is 3.06. The lowest BCUT2D eigenvalue weighted by Gasteiger charge is -2.15. The number of aryl methyl sites for hydroxylation is 1. The number of hydrogen-bond donors (Lipinski definition) is 1. The second-order valence-corrected chi connectivity index (χ2v) is 8.84. The molecule has 0 radical (unpaired) electrons. The van der Waals surface area contributed by atoms with Crippen LogP contribution < -0.4 is 19.7 Å². The monoisotopic (exact) mass is 446 g/mol. The molecule has 2 aliphatic rings. The molecule has 0 spiro atoms. The van der Waals surface area contributed by atoms with Crippen LogP contribution in [0.4, 0.5) is 11.4 Å². The number of amides is 1. The molecular formula is C28H34N2O3. The highest BCUT2D eigenvalue weighted by Gasteiger charge is 2.44. The number of carbonyl (C=O) groups is 1. The number of anilines is 2. The van der Waals surface area contributed by atoms with E-state index in [1.54, 1.807) is 0 Å². The lowest BCUT2D eigenvalue weighted by molar-refractivity contribution is -0.120. The Balaban J connectivity index is 0.000000255. The highest BCUT2D eigenvalue weighted by atomic mass is 16.7. The van der Waals surface area contributed by atoms with E-state index in [0.717, 1.165) is 35.6 Å². The van der Waals surface area contributed by atoms with Gasteiger partial charge in [0.05, 0.1) is 0 Å². The number of nitrogens with one attached hydrogen (secondary N) is 1. The Morgan fingerprint density at radius 3 is 2.09 bits per heavy atom. The van der Waals surface area contributed by atoms with Crippen molar-refractivity contribution in [1.82, 2.24) is 0 Å². The van der Waals surface area contributed by atoms with E-state index in [4.69, 9.17) is 9.47 Å². The van der Waals surface area contributed by atoms with Crippen molar-refractivity contribution in [1.29, 1.82) is 0 Å². The van der Waals surface area contributed by atoms with Crippen molar-refractivity contribution in [3.63, 3.8) is 0 Å². The summed E-state index contributed by atoms with van der Waals surface area (Å²) in [4.78, 5) is 14.3. The Morgan fingerprint density at radius 2 is 1.55 bits per heavy atom. The molecular weight excluding hydrogens is 412 g/mol. The van der Waals surface area contributed by atoms with Crippen molar-refractivity contribution in [3.05, 3.63) is 72.3 Å². The first kappa shape index (κ1) is 24.2. The predicted molar refractivity (Wildman–Crippen MR) is 136 cm³/mol. The van der Waals surface area contributed by atoms with Crippen LogP contribution >= 0.6 is 0 Å². The van der Waals surface area contributed by atoms with Crippen molar-refractivity contribution < 1.29 is 14.3 Å². The molecule has 33 heavy (non-hydrogen) atoms. The van der Waals surface area contributed by atoms with E-state index in [1.807, 2.05) is 51.4 Å². The number of hydrogen-bond acceptors (Lipinski definition) is 4. The molecule has 1 fully saturated rings. The van der Waals surface area contributed by atoms with Crippen LogP contribution in [0.15, 0.2) is 66.7 Å². The minimum absolute atomic E-state index is 0. The van der Waals surface area contributed by atoms with Crippen molar-refractivity contribution in [2.45, 2.75) is 34.1 Å². The highest BCUT2D eigenvalue weighted by Crippen LogP contribution is 2.45. The fraction of sp³-hybridized carbons (Fsp3) is 0.321. The predicted octanol–water partition coefficient (Wildman–Crippen LogP) is 6.52. The Hall–Kier alpha value is -3.47. The quantitative estimate of drug-likeness (QED) is 0.496. The molecule has 1 aliphatic carbocycles. The largest absolute Gasteiger partial charge is 0.454 e. The fourth-order valence-electron chi connectivity index (χ4n) is 3.49. The van der Waals surface area contributed by atoms with Crippen molar-refractivity contribution in [2.24, 2.45) is 5.41 Å². The molecule has 1 amide bonds. The molecule has 1 saturated carbocycles. The Labute approximate surface area is 197 Å². The van der Waals surface area contributed by atoms with Crippen LogP contribution in [-0.2, 0) is 4.79 Å². The van der Waals surface area contributed by atoms with Gasteiger partial charge >= 0.3 is 0 Å². The van der Waals surface area contributed by atoms with E-state index in [2.05, 4.69) is 53.5 Å². The maximum absolute atomic E-state index is 12.2. The first-order chi connectivity index (χ1) is 15.4. The Kier molecular flexibility index (Phi) is 7.32. The number of fused-ring (bicyclic) bond motifs is 1. The molecule has 5 heteroatoms. The van der Waals surface area contributed by atoms with Gasteiger partial charge < -0.3 is 19.7 Å². The summed E-state index contributed by atoms with van der Waals surface area (Å²) in [5.41, 5.74) is 5.44. The van der Waals surface area contributed by atoms with Gasteiger partial charge in [-0.2, -0.15) is 0 Å². The standard InChI is InChI=1S/C20H24N2O.C7H6O2.CH4/c1-14-5-8-16(21-19(23)20(2)11-12-20)13-18(14)15-6-9-17(10-7-15)22(3)4;1-2-4-7-6(3-1)8-5-9-7;/h5-10,13H,11-12H2,1-4H3,(H,21,23);1-4H,5H2;1H4. The second kappa shape index (κ2) is 9.99. The summed E-state index contributed by atoms with van der Waals surface area (Å²) in [6.07, 6.45) is 1.98. The molecule has 0 unspecified atom stereocenters. The third-order valence-electron chi connectivity index (χ3n) is 6.02. The summed E-state index contributed by atoms with van der Waals surface area (Å²) in [5.74, 6) is 1.82. The Bertz CT molecular complexity index is 1080. The number of benzene rings is 3. The first-order valence-electron chi connectivity index (χ1n) is 10.9. The van der Waals surface area contributed by atoms with E-state index in [0.29, 0.717) is 6.79 Å².